The van der Waals surface area contributed by atoms with Crippen molar-refractivity contribution >= 4 is 10.1 Å². The van der Waals surface area contributed by atoms with Crippen molar-refractivity contribution in [1.82, 2.24) is 0 Å². The molecule has 0 saturated heterocycles. The molecule has 7 heteroatoms. The van der Waals surface area contributed by atoms with E-state index in [0.717, 1.165) is 38.5 Å². The van der Waals surface area contributed by atoms with Gasteiger partial charge in [-0.05, 0) is 0 Å². The molecule has 0 spiro atoms. The molecular formula is C45H87O5STi. The van der Waals surface area contributed by atoms with Crippen LogP contribution < -0.4 is 0 Å². The van der Waals surface area contributed by atoms with Crippen LogP contribution in [0, 0.1) is 0 Å². The van der Waals surface area contributed by atoms with Gasteiger partial charge in [0.15, 0.2) is 0 Å². The van der Waals surface area contributed by atoms with Gasteiger partial charge in [-0.1, -0.05) is 0 Å². The Balaban J connectivity index is 3.23. The van der Waals surface area contributed by atoms with Gasteiger partial charge in [-0.15, -0.1) is 0 Å². The number of hydrogen-bond donors (Lipinski definition) is 0. The molecule has 0 aromatic heterocycles. The van der Waals surface area contributed by atoms with Crippen molar-refractivity contribution in [3.63, 3.8) is 0 Å². The molecule has 0 aliphatic rings. The van der Waals surface area contributed by atoms with Crippen LogP contribution in [0.5, 0.6) is 0 Å². The van der Waals surface area contributed by atoms with Crippen LogP contribution in [0.1, 0.15) is 227 Å². The first kappa shape index (κ1) is 49.6. The standard InChI is InChI=1S/3C12H25.C6H6O3S.C3H7O.O.Ti/c3*1-3-5-7-9-11-12-10-8-6-4-2;7-10(8,9)6-4-2-1-3-5-6;1-3(2)4;;/h3*1,3-12H2,2H3;1-5H,(H,7,8,9);3H,1-2H3;;/q;;;;-1;;+2/p-1. The molecule has 0 radical (unpaired) electrons. The Labute approximate surface area is 323 Å². The molecule has 5 nitrogen and oxygen atoms in total. The molecule has 0 aliphatic carbocycles. The fraction of sp³-hybridized carbons (Fsp3) is 0.867. The van der Waals surface area contributed by atoms with Crippen molar-refractivity contribution in [1.29, 1.82) is 0 Å². The molecule has 0 N–H and O–H groups in total. The van der Waals surface area contributed by atoms with Gasteiger partial charge in [0.2, 0.25) is 0 Å². The van der Waals surface area contributed by atoms with E-state index in [9.17, 15) is 8.42 Å². The Morgan fingerprint density at radius 1 is 0.462 bits per heavy atom. The summed E-state index contributed by atoms with van der Waals surface area (Å²) >= 11 is -6.48. The van der Waals surface area contributed by atoms with Crippen molar-refractivity contribution in [3.05, 3.63) is 30.3 Å². The van der Waals surface area contributed by atoms with E-state index in [4.69, 9.17) is 6.08 Å². The third-order valence-corrected chi connectivity index (χ3v) is 26.1. The fourth-order valence-corrected chi connectivity index (χ4v) is 24.4. The summed E-state index contributed by atoms with van der Waals surface area (Å²) < 4.78 is 59.3. The second-order valence-corrected chi connectivity index (χ2v) is 29.3. The molecule has 1 rings (SSSR count). The molecule has 0 saturated carbocycles. The van der Waals surface area contributed by atoms with E-state index in [0.29, 0.717) is 19.3 Å². The third-order valence-electron chi connectivity index (χ3n) is 11.5. The SMILES string of the molecule is CCCCCCCCCCC[CH2][Ti](=[O])([CH2]CCCCCCCCCCC)([CH2]CCCCCCCCCCC)([O]C(C)C)[O]S(=O)(=O)c1ccccc1. The number of hydrogen-bond acceptors (Lipinski definition) is 5. The van der Waals surface area contributed by atoms with Crippen LogP contribution in [-0.2, 0) is 34.3 Å². The van der Waals surface area contributed by atoms with Gasteiger partial charge in [0.1, 0.15) is 0 Å². The van der Waals surface area contributed by atoms with Gasteiger partial charge in [-0.25, -0.2) is 0 Å². The predicted octanol–water partition coefficient (Wildman–Crippen LogP) is 16.2. The zero-order valence-electron chi connectivity index (χ0n) is 35.2. The van der Waals surface area contributed by atoms with E-state index in [1.807, 2.05) is 13.8 Å². The Bertz CT molecular complexity index is 1110. The van der Waals surface area contributed by atoms with E-state index < -0.39 is 31.0 Å². The molecule has 0 aliphatic heterocycles. The zero-order valence-corrected chi connectivity index (χ0v) is 37.6. The summed E-state index contributed by atoms with van der Waals surface area (Å²) in [6, 6.07) is 8.36. The average Bonchev–Trinajstić information content (AvgIpc) is 3.11. The van der Waals surface area contributed by atoms with Crippen molar-refractivity contribution in [3.8, 4) is 0 Å². The Morgan fingerprint density at radius 2 is 0.731 bits per heavy atom. The number of rotatable bonds is 38. The van der Waals surface area contributed by atoms with Crippen LogP contribution in [0.15, 0.2) is 35.2 Å². The second kappa shape index (κ2) is 28.1. The van der Waals surface area contributed by atoms with Crippen LogP contribution in [0.3, 0.4) is 0 Å². The van der Waals surface area contributed by atoms with E-state index in [1.54, 1.807) is 30.3 Å². The minimum absolute atomic E-state index is 0.0705. The second-order valence-electron chi connectivity index (χ2n) is 17.1. The molecule has 0 heterocycles. The Hall–Kier alpha value is -0.396. The van der Waals surface area contributed by atoms with Gasteiger partial charge in [-0.2, -0.15) is 0 Å². The molecule has 1 aromatic rings. The van der Waals surface area contributed by atoms with Crippen LogP contribution in [0.25, 0.3) is 0 Å². The third kappa shape index (κ3) is 21.6. The topological polar surface area (TPSA) is 69.7 Å². The summed E-state index contributed by atoms with van der Waals surface area (Å²) in [5, 5.41) is 0. The summed E-state index contributed by atoms with van der Waals surface area (Å²) in [6.45, 7) is 10.6. The molecule has 52 heavy (non-hydrogen) atoms. The monoisotopic (exact) mass is 788 g/mol. The van der Waals surface area contributed by atoms with Gasteiger partial charge in [0, 0.05) is 0 Å². The normalized spacial score (nSPS) is 13.8. The minimum atomic E-state index is -6.48. The molecule has 307 valence electrons. The van der Waals surface area contributed by atoms with Crippen molar-refractivity contribution < 1.29 is 32.6 Å². The average molecular weight is 788 g/mol. The van der Waals surface area contributed by atoms with Gasteiger partial charge in [0.25, 0.3) is 0 Å². The summed E-state index contributed by atoms with van der Waals surface area (Å²) in [5.41, 5.74) is 0. The molecule has 0 bridgehead atoms. The molecule has 1 aromatic carbocycles. The van der Waals surface area contributed by atoms with Crippen LogP contribution >= 0.6 is 0 Å². The molecule has 0 fully saturated rings. The van der Waals surface area contributed by atoms with E-state index in [2.05, 4.69) is 20.8 Å². The molecule has 0 atom stereocenters. The summed E-state index contributed by atoms with van der Waals surface area (Å²) in [7, 11) is -4.32. The van der Waals surface area contributed by atoms with Gasteiger partial charge < -0.3 is 0 Å². The van der Waals surface area contributed by atoms with Crippen molar-refractivity contribution in [2.45, 2.75) is 252 Å². The summed E-state index contributed by atoms with van der Waals surface area (Å²) in [6.07, 6.45) is 34.3. The van der Waals surface area contributed by atoms with Gasteiger partial charge in [0.05, 0.1) is 0 Å². The van der Waals surface area contributed by atoms with E-state index >= 15 is 3.32 Å². The summed E-state index contributed by atoms with van der Waals surface area (Å²) in [5.74, 6) is 0. The van der Waals surface area contributed by atoms with Crippen molar-refractivity contribution in [2.24, 2.45) is 0 Å². The van der Waals surface area contributed by atoms with Crippen LogP contribution in [-0.4, -0.2) is 14.5 Å². The number of unbranched alkanes of at least 4 members (excludes halogenated alkanes) is 27. The van der Waals surface area contributed by atoms with E-state index in [1.165, 1.54) is 135 Å². The maximum absolute atomic E-state index is 16.7. The van der Waals surface area contributed by atoms with Crippen LogP contribution in [0.2, 0.25) is 14.2 Å². The molecular weight excluding hydrogens is 700 g/mol. The molecule has 0 unspecified atom stereocenters. The van der Waals surface area contributed by atoms with E-state index in [-0.39, 0.29) is 19.1 Å². The summed E-state index contributed by atoms with van der Waals surface area (Å²) in [4.78, 5) is 0.0705. The van der Waals surface area contributed by atoms with Crippen molar-refractivity contribution in [2.75, 3.05) is 0 Å². The van der Waals surface area contributed by atoms with Crippen LogP contribution in [0.4, 0.5) is 0 Å². The van der Waals surface area contributed by atoms with Gasteiger partial charge in [-0.3, -0.25) is 0 Å². The maximum atomic E-state index is 16.7. The Morgan fingerprint density at radius 3 is 1.00 bits per heavy atom. The number of benzene rings is 1. The first-order chi connectivity index (χ1) is 25.0. The first-order valence-corrected chi connectivity index (χ1v) is 29.4. The fourth-order valence-electron chi connectivity index (χ4n) is 8.58. The van der Waals surface area contributed by atoms with Gasteiger partial charge >= 0.3 is 325 Å². The first-order valence-electron chi connectivity index (χ1n) is 22.8. The predicted molar refractivity (Wildman–Crippen MR) is 222 cm³/mol. The molecule has 0 amide bonds. The Kier molecular flexibility index (Phi) is 26.8. The quantitative estimate of drug-likeness (QED) is 0.0493. The zero-order chi connectivity index (χ0) is 38.3.